The van der Waals surface area contributed by atoms with Crippen LogP contribution < -0.4 is 15.0 Å². The zero-order valence-electron chi connectivity index (χ0n) is 19.3. The van der Waals surface area contributed by atoms with Crippen LogP contribution in [0.4, 0.5) is 13.2 Å². The van der Waals surface area contributed by atoms with Crippen LogP contribution in [0.1, 0.15) is 45.9 Å². The van der Waals surface area contributed by atoms with Gasteiger partial charge in [-0.05, 0) is 61.1 Å². The summed E-state index contributed by atoms with van der Waals surface area (Å²) in [5.74, 6) is -0.544. The summed E-state index contributed by atoms with van der Waals surface area (Å²) in [6.45, 7) is 0.169. The number of methoxy groups -OCH3 is 1. The molecular weight excluding hydrogens is 499 g/mol. The molecule has 4 rings (SSSR count). The van der Waals surface area contributed by atoms with Crippen LogP contribution in [-0.4, -0.2) is 24.0 Å². The van der Waals surface area contributed by atoms with E-state index in [0.29, 0.717) is 34.8 Å². The number of alkyl halides is 3. The van der Waals surface area contributed by atoms with E-state index in [2.05, 4.69) is 4.74 Å². The van der Waals surface area contributed by atoms with E-state index in [4.69, 9.17) is 21.1 Å². The first-order valence-corrected chi connectivity index (χ1v) is 11.6. The molecule has 10 heteroatoms. The monoisotopic (exact) mass is 521 g/mol. The quantitative estimate of drug-likeness (QED) is 0.329. The highest BCUT2D eigenvalue weighted by Gasteiger charge is 2.31. The summed E-state index contributed by atoms with van der Waals surface area (Å²) < 4.78 is 53.5. The molecule has 36 heavy (non-hydrogen) atoms. The van der Waals surface area contributed by atoms with Crippen LogP contribution in [0.15, 0.2) is 59.4 Å². The van der Waals surface area contributed by atoms with Crippen LogP contribution >= 0.6 is 11.6 Å². The fraction of sp³-hybridized carbons (Fsp3) is 0.308. The van der Waals surface area contributed by atoms with Crippen LogP contribution in [0.2, 0.25) is 5.02 Å². The van der Waals surface area contributed by atoms with Crippen molar-refractivity contribution in [2.24, 2.45) is 0 Å². The fourth-order valence-corrected chi connectivity index (χ4v) is 4.11. The third-order valence-corrected chi connectivity index (χ3v) is 6.13. The molecule has 0 bridgehead atoms. The third kappa shape index (κ3) is 6.40. The molecule has 1 aliphatic rings. The topological polar surface area (TPSA) is 66.8 Å². The number of carbonyl (C=O) groups excluding carboxylic acids is 1. The molecule has 0 saturated heterocycles. The van der Waals surface area contributed by atoms with Gasteiger partial charge in [-0.15, -0.1) is 13.2 Å². The molecular formula is C26H23ClF3NO5. The van der Waals surface area contributed by atoms with E-state index in [1.807, 2.05) is 0 Å². The number of aromatic nitrogens is 1. The Bertz CT molecular complexity index is 1300. The smallest absolute Gasteiger partial charge is 0.487 e. The zero-order valence-corrected chi connectivity index (χ0v) is 20.1. The van der Waals surface area contributed by atoms with Gasteiger partial charge in [0.2, 0.25) is 0 Å². The van der Waals surface area contributed by atoms with Gasteiger partial charge in [0.25, 0.3) is 5.56 Å². The highest BCUT2D eigenvalue weighted by molar-refractivity contribution is 6.31. The van der Waals surface area contributed by atoms with Gasteiger partial charge in [0, 0.05) is 18.2 Å². The van der Waals surface area contributed by atoms with Gasteiger partial charge in [0.15, 0.2) is 0 Å². The van der Waals surface area contributed by atoms with Crippen molar-refractivity contribution in [3.8, 4) is 11.5 Å². The minimum atomic E-state index is -4.82. The number of nitrogens with zero attached hydrogens (tertiary/aromatic N) is 1. The second-order valence-electron chi connectivity index (χ2n) is 8.38. The Labute approximate surface area is 210 Å². The van der Waals surface area contributed by atoms with Crippen molar-refractivity contribution in [2.45, 2.75) is 44.7 Å². The van der Waals surface area contributed by atoms with Crippen molar-refractivity contribution in [3.05, 3.63) is 92.4 Å². The Kier molecular flexibility index (Phi) is 7.59. The van der Waals surface area contributed by atoms with Crippen molar-refractivity contribution < 1.29 is 32.2 Å². The lowest BCUT2D eigenvalue weighted by Crippen LogP contribution is -2.28. The summed E-state index contributed by atoms with van der Waals surface area (Å²) in [6.07, 6.45) is -2.51. The third-order valence-electron chi connectivity index (χ3n) is 5.81. The Morgan fingerprint density at radius 1 is 1.08 bits per heavy atom. The van der Waals surface area contributed by atoms with Crippen molar-refractivity contribution in [1.29, 1.82) is 0 Å². The largest absolute Gasteiger partial charge is 0.573 e. The van der Waals surface area contributed by atoms with E-state index in [1.165, 1.54) is 25.3 Å². The van der Waals surface area contributed by atoms with Crippen molar-refractivity contribution >= 4 is 17.6 Å². The number of benzene rings is 2. The minimum absolute atomic E-state index is 0.129. The number of esters is 1. The maximum Gasteiger partial charge on any atom is 0.573 e. The lowest BCUT2D eigenvalue weighted by atomic mass is 10.1. The molecule has 1 heterocycles. The summed E-state index contributed by atoms with van der Waals surface area (Å²) in [6, 6.07) is 13.7. The van der Waals surface area contributed by atoms with Gasteiger partial charge >= 0.3 is 12.3 Å². The highest BCUT2D eigenvalue weighted by atomic mass is 35.5. The standard InChI is InChI=1S/C26H23ClF3NO5/c1-34-25(33)18-7-5-16(6-8-18)11-12-31-23(22(27)14-21(24(31)32)17-9-10-17)15-35-19-3-2-4-20(13-19)36-26(28,29)30/h2-8,13-14,17H,9-12,15H2,1H3. The lowest BCUT2D eigenvalue weighted by Gasteiger charge is -2.18. The van der Waals surface area contributed by atoms with Crippen molar-refractivity contribution in [1.82, 2.24) is 4.57 Å². The van der Waals surface area contributed by atoms with E-state index in [0.717, 1.165) is 24.5 Å². The molecule has 3 aromatic rings. The van der Waals surface area contributed by atoms with Crippen LogP contribution in [0.5, 0.6) is 11.5 Å². The maximum absolute atomic E-state index is 13.3. The number of aryl methyl sites for hydroxylation is 1. The molecule has 0 aliphatic heterocycles. The number of hydrogen-bond donors (Lipinski definition) is 0. The molecule has 0 N–H and O–H groups in total. The minimum Gasteiger partial charge on any atom is -0.487 e. The van der Waals surface area contributed by atoms with E-state index >= 15 is 0 Å². The zero-order chi connectivity index (χ0) is 25.9. The second kappa shape index (κ2) is 10.7. The second-order valence-corrected chi connectivity index (χ2v) is 8.78. The molecule has 1 aliphatic carbocycles. The Hall–Kier alpha value is -3.46. The van der Waals surface area contributed by atoms with Crippen LogP contribution in [0.3, 0.4) is 0 Å². The fourth-order valence-electron chi connectivity index (χ4n) is 3.84. The van der Waals surface area contributed by atoms with Gasteiger partial charge in [-0.1, -0.05) is 29.8 Å². The van der Waals surface area contributed by atoms with E-state index in [9.17, 15) is 22.8 Å². The first kappa shape index (κ1) is 25.6. The summed E-state index contributed by atoms with van der Waals surface area (Å²) in [4.78, 5) is 24.9. The average Bonchev–Trinajstić information content (AvgIpc) is 3.68. The molecule has 2 aromatic carbocycles. The molecule has 0 unspecified atom stereocenters. The molecule has 0 radical (unpaired) electrons. The Balaban J connectivity index is 1.56. The van der Waals surface area contributed by atoms with Gasteiger partial charge in [-0.3, -0.25) is 4.79 Å². The normalized spacial score (nSPS) is 13.4. The molecule has 0 atom stereocenters. The predicted molar refractivity (Wildman–Crippen MR) is 127 cm³/mol. The molecule has 1 saturated carbocycles. The van der Waals surface area contributed by atoms with Gasteiger partial charge in [0.1, 0.15) is 18.1 Å². The summed E-state index contributed by atoms with van der Waals surface area (Å²) in [5.41, 5.74) is 2.21. The van der Waals surface area contributed by atoms with Crippen molar-refractivity contribution in [3.63, 3.8) is 0 Å². The predicted octanol–water partition coefficient (Wildman–Crippen LogP) is 5.89. The molecule has 1 fully saturated rings. The molecule has 190 valence electrons. The lowest BCUT2D eigenvalue weighted by molar-refractivity contribution is -0.274. The van der Waals surface area contributed by atoms with E-state index in [-0.39, 0.29) is 23.8 Å². The molecule has 1 aromatic heterocycles. The first-order chi connectivity index (χ1) is 17.1. The molecule has 6 nitrogen and oxygen atoms in total. The van der Waals surface area contributed by atoms with E-state index in [1.54, 1.807) is 34.9 Å². The van der Waals surface area contributed by atoms with Gasteiger partial charge in [0.05, 0.1) is 23.4 Å². The Morgan fingerprint density at radius 2 is 1.78 bits per heavy atom. The number of halogens is 4. The highest BCUT2D eigenvalue weighted by Crippen LogP contribution is 2.39. The molecule has 0 spiro atoms. The molecule has 0 amide bonds. The first-order valence-electron chi connectivity index (χ1n) is 11.2. The number of rotatable bonds is 9. The van der Waals surface area contributed by atoms with E-state index < -0.39 is 18.1 Å². The van der Waals surface area contributed by atoms with Crippen LogP contribution in [0.25, 0.3) is 0 Å². The summed E-state index contributed by atoms with van der Waals surface area (Å²) >= 11 is 6.55. The number of pyridine rings is 1. The summed E-state index contributed by atoms with van der Waals surface area (Å²) in [7, 11) is 1.31. The average molecular weight is 522 g/mol. The van der Waals surface area contributed by atoms with Gasteiger partial charge in [-0.2, -0.15) is 0 Å². The maximum atomic E-state index is 13.3. The van der Waals surface area contributed by atoms with Crippen molar-refractivity contribution in [2.75, 3.05) is 7.11 Å². The SMILES string of the molecule is COC(=O)c1ccc(CCn2c(COc3cccc(OC(F)(F)F)c3)c(Cl)cc(C3CC3)c2=O)cc1. The summed E-state index contributed by atoms with van der Waals surface area (Å²) in [5, 5.41) is 0.347. The number of carbonyl (C=O) groups is 1. The van der Waals surface area contributed by atoms with Gasteiger partial charge in [-0.25, -0.2) is 4.79 Å². The van der Waals surface area contributed by atoms with Crippen LogP contribution in [-0.2, 0) is 24.3 Å². The van der Waals surface area contributed by atoms with Crippen LogP contribution in [0, 0.1) is 0 Å². The Morgan fingerprint density at radius 3 is 2.42 bits per heavy atom. The van der Waals surface area contributed by atoms with Gasteiger partial charge < -0.3 is 18.8 Å². The number of ether oxygens (including phenoxy) is 3. The number of hydrogen-bond acceptors (Lipinski definition) is 5.